The average Bonchev–Trinajstić information content (AvgIpc) is 3.42. The summed E-state index contributed by atoms with van der Waals surface area (Å²) in [6.45, 7) is 3.76. The molecule has 13 nitrogen and oxygen atoms in total. The van der Waals surface area contributed by atoms with E-state index >= 15 is 0 Å². The quantitative estimate of drug-likeness (QED) is 0.445. The lowest BCUT2D eigenvalue weighted by Gasteiger charge is -2.33. The number of morpholine rings is 1. The summed E-state index contributed by atoms with van der Waals surface area (Å²) >= 11 is 0. The Morgan fingerprint density at radius 2 is 1.98 bits per heavy atom. The minimum absolute atomic E-state index is 0.147. The molecule has 3 heterocycles. The fourth-order valence-corrected chi connectivity index (χ4v) is 4.45. The van der Waals surface area contributed by atoms with Gasteiger partial charge in [-0.05, 0) is 18.2 Å². The molecule has 13 heteroatoms. The highest BCUT2D eigenvalue weighted by Crippen LogP contribution is 2.33. The maximum absolute atomic E-state index is 13.1. The molecular weight excluding hydrogens is 522 g/mol. The molecule has 2 aromatic carbocycles. The summed E-state index contributed by atoms with van der Waals surface area (Å²) in [4.78, 5) is 23.7. The van der Waals surface area contributed by atoms with E-state index < -0.39 is 0 Å². The summed E-state index contributed by atoms with van der Waals surface area (Å²) in [7, 11) is 3.20. The molecule has 1 aromatic heterocycles. The fourth-order valence-electron chi connectivity index (χ4n) is 4.45. The van der Waals surface area contributed by atoms with E-state index in [1.165, 1.54) is 0 Å². The summed E-state index contributed by atoms with van der Waals surface area (Å²) in [6.07, 6.45) is 1.67. The lowest BCUT2D eigenvalue weighted by molar-refractivity contribution is -0.122. The molecule has 2 aliphatic rings. The standard InChI is InChI=1S/C26H31N5O6.CH2O2/c1-33-20-6-7-22-24(12-20)36-11-9-31-15-19(28-29-31)17-37-25-18(4-3-5-23(25)34-2)14-30-8-10-35-21(16-30)13-27-26(22)32;2-1-3/h3-7,12,15,21H,8-11,13-14,16-17H2,1-2H3,(H,27,32);1H,(H,2,3). The Labute approximate surface area is 231 Å². The monoisotopic (exact) mass is 555 g/mol. The Morgan fingerprint density at radius 3 is 2.77 bits per heavy atom. The largest absolute Gasteiger partial charge is 0.497 e. The number of carboxylic acid groups (broad SMARTS) is 1. The zero-order valence-electron chi connectivity index (χ0n) is 22.4. The molecule has 2 unspecified atom stereocenters. The van der Waals surface area contributed by atoms with Gasteiger partial charge in [0.15, 0.2) is 11.5 Å². The summed E-state index contributed by atoms with van der Waals surface area (Å²) < 4.78 is 30.7. The zero-order valence-corrected chi connectivity index (χ0v) is 22.4. The molecule has 214 valence electrons. The number of nitrogens with one attached hydrogen (secondary N) is 1. The molecule has 1 amide bonds. The van der Waals surface area contributed by atoms with Crippen LogP contribution in [0.3, 0.4) is 0 Å². The second-order valence-electron chi connectivity index (χ2n) is 8.96. The highest BCUT2D eigenvalue weighted by atomic mass is 16.5. The summed E-state index contributed by atoms with van der Waals surface area (Å²) in [5.74, 6) is 2.15. The van der Waals surface area contributed by atoms with Crippen LogP contribution in [-0.2, 0) is 29.2 Å². The Morgan fingerprint density at radius 1 is 1.12 bits per heavy atom. The van der Waals surface area contributed by atoms with Crippen LogP contribution in [0.4, 0.5) is 0 Å². The van der Waals surface area contributed by atoms with Gasteiger partial charge in [-0.3, -0.25) is 14.5 Å². The number of carbonyl (C=O) groups excluding carboxylic acids is 1. The first kappa shape index (κ1) is 28.6. The van der Waals surface area contributed by atoms with Gasteiger partial charge < -0.3 is 34.1 Å². The van der Waals surface area contributed by atoms with E-state index in [9.17, 15) is 4.79 Å². The van der Waals surface area contributed by atoms with Crippen LogP contribution in [0.2, 0.25) is 0 Å². The number of methoxy groups -OCH3 is 2. The highest BCUT2D eigenvalue weighted by Gasteiger charge is 2.24. The number of benzene rings is 2. The lowest BCUT2D eigenvalue weighted by atomic mass is 10.1. The van der Waals surface area contributed by atoms with Gasteiger partial charge in [0.2, 0.25) is 0 Å². The Hall–Kier alpha value is -4.36. The molecule has 2 atom stereocenters. The molecule has 2 N–H and O–H groups in total. The molecule has 0 radical (unpaired) electrons. The molecule has 40 heavy (non-hydrogen) atoms. The fraction of sp³-hybridized carbons (Fsp3) is 0.407. The van der Waals surface area contributed by atoms with Gasteiger partial charge in [-0.2, -0.15) is 0 Å². The SMILES string of the molecule is COc1ccc2c(c1)OCCn1cc(nn1)COc1c(cccc1OC)CN1CCOC(CNC2=O)C1.O=CO. The van der Waals surface area contributed by atoms with Gasteiger partial charge in [0.05, 0.1) is 45.2 Å². The predicted molar refractivity (Wildman–Crippen MR) is 142 cm³/mol. The van der Waals surface area contributed by atoms with Crippen molar-refractivity contribution in [1.29, 1.82) is 0 Å². The average molecular weight is 556 g/mol. The van der Waals surface area contributed by atoms with Crippen molar-refractivity contribution >= 4 is 12.4 Å². The number of ether oxygens (including phenoxy) is 5. The third-order valence-electron chi connectivity index (χ3n) is 6.35. The van der Waals surface area contributed by atoms with Crippen LogP contribution in [0.25, 0.3) is 0 Å². The van der Waals surface area contributed by atoms with E-state index in [2.05, 4.69) is 20.5 Å². The molecule has 4 bridgehead atoms. The molecule has 3 aromatic rings. The predicted octanol–water partition coefficient (Wildman–Crippen LogP) is 1.60. The van der Waals surface area contributed by atoms with Crippen molar-refractivity contribution in [3.8, 4) is 23.0 Å². The van der Waals surface area contributed by atoms with E-state index in [-0.39, 0.29) is 31.7 Å². The van der Waals surface area contributed by atoms with Gasteiger partial charge >= 0.3 is 0 Å². The Kier molecular flexibility index (Phi) is 10.1. The van der Waals surface area contributed by atoms with Crippen LogP contribution in [-0.4, -0.2) is 90.6 Å². The van der Waals surface area contributed by atoms with E-state index in [0.717, 1.165) is 12.1 Å². The summed E-state index contributed by atoms with van der Waals surface area (Å²) in [5.41, 5.74) is 2.12. The van der Waals surface area contributed by atoms with Gasteiger partial charge in [-0.15, -0.1) is 5.10 Å². The number of carbonyl (C=O) groups is 2. The van der Waals surface area contributed by atoms with E-state index in [0.29, 0.717) is 67.0 Å². The Bertz CT molecular complexity index is 1280. The first-order valence-electron chi connectivity index (χ1n) is 12.7. The smallest absolute Gasteiger partial charge is 0.290 e. The lowest BCUT2D eigenvalue weighted by Crippen LogP contribution is -2.47. The molecule has 0 aliphatic carbocycles. The minimum atomic E-state index is -0.250. The van der Waals surface area contributed by atoms with Crippen molar-refractivity contribution in [3.63, 3.8) is 0 Å². The molecule has 1 saturated heterocycles. The molecule has 0 spiro atoms. The van der Waals surface area contributed by atoms with Crippen molar-refractivity contribution < 1.29 is 38.4 Å². The third-order valence-corrected chi connectivity index (χ3v) is 6.35. The normalized spacial score (nSPS) is 19.2. The number of hydrogen-bond donors (Lipinski definition) is 2. The second kappa shape index (κ2) is 14.1. The molecular formula is C27H33N5O8. The number of hydrogen-bond acceptors (Lipinski definition) is 10. The number of nitrogens with zero attached hydrogens (tertiary/aromatic N) is 4. The molecule has 2 aliphatic heterocycles. The molecule has 1 fully saturated rings. The van der Waals surface area contributed by atoms with Gasteiger partial charge in [0, 0.05) is 37.8 Å². The highest BCUT2D eigenvalue weighted by molar-refractivity contribution is 5.97. The van der Waals surface area contributed by atoms with Gasteiger partial charge in [0.25, 0.3) is 12.4 Å². The first-order valence-corrected chi connectivity index (χ1v) is 12.7. The van der Waals surface area contributed by atoms with E-state index in [1.807, 2.05) is 24.4 Å². The summed E-state index contributed by atoms with van der Waals surface area (Å²) in [5, 5.41) is 18.3. The third kappa shape index (κ3) is 7.39. The van der Waals surface area contributed by atoms with Crippen LogP contribution < -0.4 is 24.3 Å². The van der Waals surface area contributed by atoms with Crippen molar-refractivity contribution in [2.24, 2.45) is 0 Å². The first-order chi connectivity index (χ1) is 19.5. The van der Waals surface area contributed by atoms with Crippen molar-refractivity contribution in [2.45, 2.75) is 25.8 Å². The van der Waals surface area contributed by atoms with Crippen LogP contribution in [0.15, 0.2) is 42.6 Å². The number of para-hydroxylation sites is 1. The maximum atomic E-state index is 13.1. The number of fused-ring (bicyclic) bond motifs is 6. The topological polar surface area (TPSA) is 146 Å². The Balaban J connectivity index is 0.00000118. The van der Waals surface area contributed by atoms with Crippen molar-refractivity contribution in [1.82, 2.24) is 25.2 Å². The van der Waals surface area contributed by atoms with Crippen LogP contribution in [0, 0.1) is 0 Å². The zero-order chi connectivity index (χ0) is 28.3. The van der Waals surface area contributed by atoms with Crippen molar-refractivity contribution in [3.05, 3.63) is 59.4 Å². The van der Waals surface area contributed by atoms with Gasteiger partial charge in [-0.25, -0.2) is 4.68 Å². The second-order valence-corrected chi connectivity index (χ2v) is 8.96. The van der Waals surface area contributed by atoms with Gasteiger partial charge in [-0.1, -0.05) is 17.3 Å². The summed E-state index contributed by atoms with van der Waals surface area (Å²) in [6, 6.07) is 11.0. The van der Waals surface area contributed by atoms with Crippen LogP contribution >= 0.6 is 0 Å². The molecule has 5 rings (SSSR count). The van der Waals surface area contributed by atoms with Crippen LogP contribution in [0.5, 0.6) is 23.0 Å². The molecule has 0 saturated carbocycles. The number of aromatic nitrogens is 3. The minimum Gasteiger partial charge on any atom is -0.497 e. The van der Waals surface area contributed by atoms with Crippen molar-refractivity contribution in [2.75, 3.05) is 47.1 Å². The maximum Gasteiger partial charge on any atom is 0.290 e. The van der Waals surface area contributed by atoms with Crippen LogP contribution in [0.1, 0.15) is 21.6 Å². The van der Waals surface area contributed by atoms with Gasteiger partial charge in [0.1, 0.15) is 30.4 Å². The van der Waals surface area contributed by atoms with E-state index in [1.54, 1.807) is 37.1 Å². The van der Waals surface area contributed by atoms with E-state index in [4.69, 9.17) is 33.6 Å². The number of rotatable bonds is 2. The number of amides is 1.